The van der Waals surface area contributed by atoms with Crippen LogP contribution in [0.15, 0.2) is 41.6 Å². The summed E-state index contributed by atoms with van der Waals surface area (Å²) in [7, 11) is 1.28. The monoisotopic (exact) mass is 229 g/mol. The normalized spacial score (nSPS) is 10.6. The van der Waals surface area contributed by atoms with Crippen LogP contribution in [0.5, 0.6) is 0 Å². The number of nitrogens with one attached hydrogen (secondary N) is 1. The molecule has 0 aliphatic carbocycles. The Hall–Kier alpha value is -2.43. The number of methoxy groups -OCH3 is 1. The molecule has 0 saturated heterocycles. The number of pyridine rings is 1. The van der Waals surface area contributed by atoms with E-state index in [4.69, 9.17) is 0 Å². The van der Waals surface area contributed by atoms with Crippen molar-refractivity contribution in [3.05, 3.63) is 42.1 Å². The van der Waals surface area contributed by atoms with Gasteiger partial charge in [-0.05, 0) is 12.1 Å². The molecule has 5 heteroatoms. The third-order valence-corrected chi connectivity index (χ3v) is 2.23. The molecule has 0 aliphatic heterocycles. The highest BCUT2D eigenvalue weighted by molar-refractivity contribution is 5.98. The van der Waals surface area contributed by atoms with Crippen LogP contribution in [0.4, 0.5) is 4.79 Å². The predicted molar refractivity (Wildman–Crippen MR) is 64.9 cm³/mol. The molecule has 17 heavy (non-hydrogen) atoms. The minimum Gasteiger partial charge on any atom is -0.452 e. The van der Waals surface area contributed by atoms with E-state index < -0.39 is 6.09 Å². The van der Waals surface area contributed by atoms with Gasteiger partial charge in [0.2, 0.25) is 0 Å². The fourth-order valence-electron chi connectivity index (χ4n) is 1.43. The molecule has 1 aromatic carbocycles. The van der Waals surface area contributed by atoms with Gasteiger partial charge < -0.3 is 4.74 Å². The standard InChI is InChI=1S/C12H11N3O2/c1-17-12(16)15-14-8-9-6-7-13-11-5-3-2-4-10(9)11/h2-8H,1H3,(H,15,16)/b14-8+. The zero-order chi connectivity index (χ0) is 12.1. The van der Waals surface area contributed by atoms with Crippen LogP contribution < -0.4 is 5.43 Å². The Morgan fingerprint density at radius 1 is 1.41 bits per heavy atom. The number of hydrogen-bond donors (Lipinski definition) is 1. The van der Waals surface area contributed by atoms with Gasteiger partial charge in [0.05, 0.1) is 18.8 Å². The topological polar surface area (TPSA) is 63.6 Å². The first-order valence-corrected chi connectivity index (χ1v) is 5.02. The number of amides is 1. The Labute approximate surface area is 98.1 Å². The summed E-state index contributed by atoms with van der Waals surface area (Å²) in [5.41, 5.74) is 4.00. The van der Waals surface area contributed by atoms with Gasteiger partial charge in [0.25, 0.3) is 0 Å². The van der Waals surface area contributed by atoms with Gasteiger partial charge in [-0.15, -0.1) is 0 Å². The number of para-hydroxylation sites is 1. The molecular formula is C12H11N3O2. The molecule has 0 unspecified atom stereocenters. The summed E-state index contributed by atoms with van der Waals surface area (Å²) in [4.78, 5) is 15.0. The quantitative estimate of drug-likeness (QED) is 0.632. The highest BCUT2D eigenvalue weighted by Crippen LogP contribution is 2.13. The van der Waals surface area contributed by atoms with Crippen molar-refractivity contribution in [3.63, 3.8) is 0 Å². The first-order valence-electron chi connectivity index (χ1n) is 5.02. The van der Waals surface area contributed by atoms with E-state index in [-0.39, 0.29) is 0 Å². The minimum atomic E-state index is -0.598. The largest absolute Gasteiger partial charge is 0.452 e. The molecule has 1 heterocycles. The van der Waals surface area contributed by atoms with Gasteiger partial charge in [-0.2, -0.15) is 5.10 Å². The first-order chi connectivity index (χ1) is 8.31. The second-order valence-electron chi connectivity index (χ2n) is 3.28. The summed E-state index contributed by atoms with van der Waals surface area (Å²) in [6.45, 7) is 0. The summed E-state index contributed by atoms with van der Waals surface area (Å²) in [5.74, 6) is 0. The van der Waals surface area contributed by atoms with Crippen molar-refractivity contribution in [1.82, 2.24) is 10.4 Å². The molecule has 0 saturated carbocycles. The number of ether oxygens (including phenoxy) is 1. The molecule has 0 fully saturated rings. The van der Waals surface area contributed by atoms with Gasteiger partial charge in [0, 0.05) is 17.1 Å². The zero-order valence-corrected chi connectivity index (χ0v) is 9.25. The molecule has 1 N–H and O–H groups in total. The lowest BCUT2D eigenvalue weighted by molar-refractivity contribution is 0.171. The molecule has 86 valence electrons. The molecule has 1 amide bonds. The Kier molecular flexibility index (Phi) is 3.30. The fraction of sp³-hybridized carbons (Fsp3) is 0.0833. The number of hydrazone groups is 1. The van der Waals surface area contributed by atoms with Crippen LogP contribution in [0.1, 0.15) is 5.56 Å². The van der Waals surface area contributed by atoms with E-state index >= 15 is 0 Å². The maximum Gasteiger partial charge on any atom is 0.427 e. The van der Waals surface area contributed by atoms with Crippen LogP contribution in [0, 0.1) is 0 Å². The van der Waals surface area contributed by atoms with Crippen molar-refractivity contribution < 1.29 is 9.53 Å². The lowest BCUT2D eigenvalue weighted by Crippen LogP contribution is -2.16. The number of carbonyl (C=O) groups is 1. The molecular weight excluding hydrogens is 218 g/mol. The van der Waals surface area contributed by atoms with Crippen LogP contribution in [0.3, 0.4) is 0 Å². The van der Waals surface area contributed by atoms with Crippen molar-refractivity contribution in [3.8, 4) is 0 Å². The van der Waals surface area contributed by atoms with Crippen LogP contribution >= 0.6 is 0 Å². The predicted octanol–water partition coefficient (Wildman–Crippen LogP) is 1.92. The van der Waals surface area contributed by atoms with Gasteiger partial charge in [0.1, 0.15) is 0 Å². The van der Waals surface area contributed by atoms with Crippen molar-refractivity contribution in [2.24, 2.45) is 5.10 Å². The fourth-order valence-corrected chi connectivity index (χ4v) is 1.43. The lowest BCUT2D eigenvalue weighted by atomic mass is 10.1. The Morgan fingerprint density at radius 2 is 2.24 bits per heavy atom. The van der Waals surface area contributed by atoms with Gasteiger partial charge in [-0.25, -0.2) is 10.2 Å². The number of rotatable bonds is 2. The summed E-state index contributed by atoms with van der Waals surface area (Å²) in [5, 5.41) is 4.76. The molecule has 0 spiro atoms. The lowest BCUT2D eigenvalue weighted by Gasteiger charge is -2.00. The smallest absolute Gasteiger partial charge is 0.427 e. The number of hydrogen-bond acceptors (Lipinski definition) is 4. The molecule has 5 nitrogen and oxygen atoms in total. The molecule has 0 radical (unpaired) electrons. The highest BCUT2D eigenvalue weighted by atomic mass is 16.5. The first kappa shape index (κ1) is 11.1. The number of benzene rings is 1. The van der Waals surface area contributed by atoms with Crippen LogP contribution in [0.2, 0.25) is 0 Å². The Bertz CT molecular complexity index is 561. The minimum absolute atomic E-state index is 0.598. The van der Waals surface area contributed by atoms with Crippen molar-refractivity contribution in [1.29, 1.82) is 0 Å². The van der Waals surface area contributed by atoms with E-state index in [1.807, 2.05) is 30.3 Å². The van der Waals surface area contributed by atoms with Gasteiger partial charge in [-0.1, -0.05) is 18.2 Å². The summed E-state index contributed by atoms with van der Waals surface area (Å²) < 4.78 is 4.40. The molecule has 2 aromatic rings. The van der Waals surface area contributed by atoms with E-state index in [0.717, 1.165) is 16.5 Å². The van der Waals surface area contributed by atoms with Gasteiger partial charge in [0.15, 0.2) is 0 Å². The SMILES string of the molecule is COC(=O)N/N=C/c1ccnc2ccccc12. The van der Waals surface area contributed by atoms with E-state index in [1.54, 1.807) is 12.4 Å². The number of nitrogens with zero attached hydrogens (tertiary/aromatic N) is 2. The van der Waals surface area contributed by atoms with E-state index in [2.05, 4.69) is 20.2 Å². The van der Waals surface area contributed by atoms with E-state index in [9.17, 15) is 4.79 Å². The Balaban J connectivity index is 2.27. The molecule has 1 aromatic heterocycles. The maximum atomic E-state index is 10.8. The molecule has 0 aliphatic rings. The van der Waals surface area contributed by atoms with Gasteiger partial charge in [-0.3, -0.25) is 4.98 Å². The van der Waals surface area contributed by atoms with Gasteiger partial charge >= 0.3 is 6.09 Å². The summed E-state index contributed by atoms with van der Waals surface area (Å²) >= 11 is 0. The van der Waals surface area contributed by atoms with E-state index in [1.165, 1.54) is 7.11 Å². The third kappa shape index (κ3) is 2.57. The van der Waals surface area contributed by atoms with Crippen LogP contribution in [0.25, 0.3) is 10.9 Å². The second kappa shape index (κ2) is 5.07. The van der Waals surface area contributed by atoms with Crippen LogP contribution in [-0.4, -0.2) is 24.4 Å². The zero-order valence-electron chi connectivity index (χ0n) is 9.25. The number of fused-ring (bicyclic) bond motifs is 1. The third-order valence-electron chi connectivity index (χ3n) is 2.23. The van der Waals surface area contributed by atoms with Crippen molar-refractivity contribution in [2.45, 2.75) is 0 Å². The second-order valence-corrected chi connectivity index (χ2v) is 3.28. The highest BCUT2D eigenvalue weighted by Gasteiger charge is 1.98. The summed E-state index contributed by atoms with van der Waals surface area (Å²) in [6, 6.07) is 9.53. The maximum absolute atomic E-state index is 10.8. The average molecular weight is 229 g/mol. The van der Waals surface area contributed by atoms with Crippen LogP contribution in [-0.2, 0) is 4.74 Å². The number of carbonyl (C=O) groups excluding carboxylic acids is 1. The molecule has 0 atom stereocenters. The Morgan fingerprint density at radius 3 is 3.06 bits per heavy atom. The van der Waals surface area contributed by atoms with Crippen molar-refractivity contribution >= 4 is 23.2 Å². The average Bonchev–Trinajstić information content (AvgIpc) is 2.39. The molecule has 0 bridgehead atoms. The molecule has 2 rings (SSSR count). The number of aromatic nitrogens is 1. The van der Waals surface area contributed by atoms with Crippen molar-refractivity contribution in [2.75, 3.05) is 7.11 Å². The summed E-state index contributed by atoms with van der Waals surface area (Å²) in [6.07, 6.45) is 2.66. The van der Waals surface area contributed by atoms with E-state index in [0.29, 0.717) is 0 Å².